The Morgan fingerprint density at radius 3 is 3.05 bits per heavy atom. The van der Waals surface area contributed by atoms with Crippen LogP contribution in [0.2, 0.25) is 0 Å². The Labute approximate surface area is 131 Å². The smallest absolute Gasteiger partial charge is 0.315 e. The molecule has 2 rings (SSSR count). The summed E-state index contributed by atoms with van der Waals surface area (Å²) in [6.45, 7) is 4.79. The maximum absolute atomic E-state index is 12.0. The molecule has 7 heteroatoms. The van der Waals surface area contributed by atoms with Gasteiger partial charge in [-0.05, 0) is 33.1 Å². The topological polar surface area (TPSA) is 68.3 Å². The van der Waals surface area contributed by atoms with Gasteiger partial charge in [0, 0.05) is 33.7 Å². The van der Waals surface area contributed by atoms with E-state index in [0.717, 1.165) is 30.1 Å². The first kappa shape index (κ1) is 16.4. The number of esters is 1. The lowest BCUT2D eigenvalue weighted by Gasteiger charge is -2.19. The summed E-state index contributed by atoms with van der Waals surface area (Å²) in [6, 6.07) is 0. The van der Waals surface area contributed by atoms with Crippen LogP contribution in [0.5, 0.6) is 0 Å². The molecule has 0 saturated heterocycles. The molecule has 0 radical (unpaired) electrons. The number of carbonyl (C=O) groups is 1. The Morgan fingerprint density at radius 1 is 1.62 bits per heavy atom. The highest BCUT2D eigenvalue weighted by atomic mass is 32.2. The van der Waals surface area contributed by atoms with E-state index in [9.17, 15) is 9.00 Å². The van der Waals surface area contributed by atoms with Gasteiger partial charge in [0.15, 0.2) is 5.13 Å². The minimum atomic E-state index is -0.851. The fourth-order valence-electron chi connectivity index (χ4n) is 2.31. The van der Waals surface area contributed by atoms with Crippen LogP contribution in [0.3, 0.4) is 0 Å². The van der Waals surface area contributed by atoms with Crippen molar-refractivity contribution in [1.29, 1.82) is 0 Å². The van der Waals surface area contributed by atoms with Gasteiger partial charge in [0.1, 0.15) is 5.92 Å². The number of anilines is 1. The number of aryl methyl sites for hydroxylation is 1. The van der Waals surface area contributed by atoms with Crippen molar-refractivity contribution >= 4 is 33.2 Å². The summed E-state index contributed by atoms with van der Waals surface area (Å²) in [5, 5.41) is 4.13. The van der Waals surface area contributed by atoms with Gasteiger partial charge in [-0.3, -0.25) is 9.00 Å². The van der Waals surface area contributed by atoms with E-state index in [1.54, 1.807) is 17.6 Å². The number of carbonyl (C=O) groups excluding carboxylic acids is 1. The fraction of sp³-hybridized carbons (Fsp3) is 0.714. The standard InChI is InChI=1S/C14H22N2O3S2/c1-4-19-13(17)10-6-5-7-11-12(10)16-14(20-11)15-8-9(2)21(3)18/h9-10H,4-8H2,1-3H3,(H,15,16). The lowest BCUT2D eigenvalue weighted by atomic mass is 9.91. The summed E-state index contributed by atoms with van der Waals surface area (Å²) in [5.74, 6) is -0.392. The first-order valence-corrected chi connectivity index (χ1v) is 9.69. The normalized spacial score (nSPS) is 20.4. The first-order chi connectivity index (χ1) is 10.0. The molecule has 21 heavy (non-hydrogen) atoms. The van der Waals surface area contributed by atoms with Gasteiger partial charge >= 0.3 is 5.97 Å². The zero-order valence-electron chi connectivity index (χ0n) is 12.7. The highest BCUT2D eigenvalue weighted by molar-refractivity contribution is 7.84. The minimum absolute atomic E-state index is 0.0757. The third-order valence-corrected chi connectivity index (χ3v) is 6.02. The molecule has 0 aliphatic heterocycles. The van der Waals surface area contributed by atoms with E-state index in [0.29, 0.717) is 13.2 Å². The lowest BCUT2D eigenvalue weighted by Crippen LogP contribution is -2.21. The number of hydrogen-bond acceptors (Lipinski definition) is 6. The molecule has 5 nitrogen and oxygen atoms in total. The van der Waals surface area contributed by atoms with Crippen LogP contribution in [0, 0.1) is 0 Å². The Morgan fingerprint density at radius 2 is 2.38 bits per heavy atom. The van der Waals surface area contributed by atoms with Crippen LogP contribution in [0.25, 0.3) is 0 Å². The van der Waals surface area contributed by atoms with Crippen LogP contribution < -0.4 is 5.32 Å². The van der Waals surface area contributed by atoms with Crippen molar-refractivity contribution in [2.24, 2.45) is 0 Å². The van der Waals surface area contributed by atoms with E-state index >= 15 is 0 Å². The van der Waals surface area contributed by atoms with Crippen LogP contribution >= 0.6 is 11.3 Å². The van der Waals surface area contributed by atoms with Gasteiger partial charge < -0.3 is 10.1 Å². The molecule has 1 aromatic heterocycles. The summed E-state index contributed by atoms with van der Waals surface area (Å²) in [7, 11) is -0.851. The highest BCUT2D eigenvalue weighted by Crippen LogP contribution is 2.37. The number of rotatable bonds is 6. The van der Waals surface area contributed by atoms with Gasteiger partial charge in [0.2, 0.25) is 0 Å². The van der Waals surface area contributed by atoms with Gasteiger partial charge in [-0.25, -0.2) is 4.98 Å². The molecule has 0 bridgehead atoms. The molecule has 0 amide bonds. The molecule has 1 aromatic rings. The van der Waals surface area contributed by atoms with E-state index in [-0.39, 0.29) is 17.1 Å². The maximum atomic E-state index is 12.0. The Hall–Kier alpha value is -0.950. The average Bonchev–Trinajstić information content (AvgIpc) is 2.87. The molecule has 3 atom stereocenters. The van der Waals surface area contributed by atoms with Gasteiger partial charge in [0.05, 0.1) is 12.3 Å². The Kier molecular flexibility index (Phi) is 5.75. The molecular formula is C14H22N2O3S2. The monoisotopic (exact) mass is 330 g/mol. The van der Waals surface area contributed by atoms with E-state index in [1.165, 1.54) is 4.88 Å². The quantitative estimate of drug-likeness (QED) is 0.811. The van der Waals surface area contributed by atoms with Crippen LogP contribution in [0.1, 0.15) is 43.2 Å². The van der Waals surface area contributed by atoms with E-state index in [2.05, 4.69) is 10.3 Å². The molecule has 1 heterocycles. The third-order valence-electron chi connectivity index (χ3n) is 3.63. The van der Waals surface area contributed by atoms with Crippen LogP contribution in [-0.2, 0) is 26.8 Å². The molecule has 0 aromatic carbocycles. The van der Waals surface area contributed by atoms with E-state index in [4.69, 9.17) is 4.74 Å². The van der Waals surface area contributed by atoms with Crippen LogP contribution in [-0.4, -0.2) is 39.8 Å². The first-order valence-electron chi connectivity index (χ1n) is 7.25. The average molecular weight is 330 g/mol. The fourth-order valence-corrected chi connectivity index (χ4v) is 3.70. The highest BCUT2D eigenvalue weighted by Gasteiger charge is 2.31. The van der Waals surface area contributed by atoms with Crippen LogP contribution in [0.15, 0.2) is 0 Å². The van der Waals surface area contributed by atoms with Gasteiger partial charge in [-0.1, -0.05) is 0 Å². The molecule has 1 aliphatic rings. The van der Waals surface area contributed by atoms with Crippen molar-refractivity contribution in [1.82, 2.24) is 4.98 Å². The Balaban J connectivity index is 2.08. The zero-order valence-corrected chi connectivity index (χ0v) is 14.3. The second-order valence-electron chi connectivity index (χ2n) is 5.21. The van der Waals surface area contributed by atoms with Crippen molar-refractivity contribution in [2.75, 3.05) is 24.7 Å². The summed E-state index contributed by atoms with van der Waals surface area (Å²) >= 11 is 1.60. The summed E-state index contributed by atoms with van der Waals surface area (Å²) in [5.41, 5.74) is 0.873. The predicted molar refractivity (Wildman–Crippen MR) is 86.4 cm³/mol. The number of aromatic nitrogens is 1. The second-order valence-corrected chi connectivity index (χ2v) is 8.10. The number of thiazole rings is 1. The number of nitrogens with one attached hydrogen (secondary N) is 1. The van der Waals surface area contributed by atoms with Gasteiger partial charge in [0.25, 0.3) is 0 Å². The third kappa shape index (κ3) is 4.03. The lowest BCUT2D eigenvalue weighted by molar-refractivity contribution is -0.145. The van der Waals surface area contributed by atoms with E-state index < -0.39 is 10.8 Å². The summed E-state index contributed by atoms with van der Waals surface area (Å²) in [6.07, 6.45) is 4.48. The molecule has 1 aliphatic carbocycles. The van der Waals surface area contributed by atoms with Gasteiger partial charge in [-0.15, -0.1) is 11.3 Å². The SMILES string of the molecule is CCOC(=O)C1CCCc2sc(NCC(C)S(C)=O)nc21. The number of hydrogen-bond donors (Lipinski definition) is 1. The molecular weight excluding hydrogens is 308 g/mol. The van der Waals surface area contributed by atoms with Crippen LogP contribution in [0.4, 0.5) is 5.13 Å². The number of ether oxygens (including phenoxy) is 1. The van der Waals surface area contributed by atoms with E-state index in [1.807, 2.05) is 13.8 Å². The summed E-state index contributed by atoms with van der Waals surface area (Å²) in [4.78, 5) is 17.8. The van der Waals surface area contributed by atoms with Crippen molar-refractivity contribution in [3.8, 4) is 0 Å². The number of fused-ring (bicyclic) bond motifs is 1. The second kappa shape index (κ2) is 7.35. The van der Waals surface area contributed by atoms with Gasteiger partial charge in [-0.2, -0.15) is 0 Å². The molecule has 0 saturated carbocycles. The van der Waals surface area contributed by atoms with Crippen molar-refractivity contribution in [3.05, 3.63) is 10.6 Å². The molecule has 1 N–H and O–H groups in total. The molecule has 0 fully saturated rings. The zero-order chi connectivity index (χ0) is 15.4. The number of nitrogens with zero attached hydrogens (tertiary/aromatic N) is 1. The molecule has 3 unspecified atom stereocenters. The largest absolute Gasteiger partial charge is 0.465 e. The minimum Gasteiger partial charge on any atom is -0.465 e. The molecule has 118 valence electrons. The van der Waals surface area contributed by atoms with Crippen molar-refractivity contribution in [3.63, 3.8) is 0 Å². The predicted octanol–water partition coefficient (Wildman–Crippen LogP) is 2.31. The maximum Gasteiger partial charge on any atom is 0.315 e. The molecule has 0 spiro atoms. The van der Waals surface area contributed by atoms with Crippen molar-refractivity contribution in [2.45, 2.75) is 44.3 Å². The van der Waals surface area contributed by atoms with Crippen molar-refractivity contribution < 1.29 is 13.7 Å². The Bertz CT molecular complexity index is 530. The summed E-state index contributed by atoms with van der Waals surface area (Å²) < 4.78 is 16.5.